The molecule has 2 heterocycles. The standard InChI is InChI=1S/C12H7FN2OS/c13-7-3-4-9-8(6-7)11(15-12(16)14-9)10-2-1-5-17-10/h1-6H,(H,14,15,16). The molecule has 0 aliphatic rings. The molecule has 0 unspecified atom stereocenters. The van der Waals surface area contributed by atoms with Crippen LogP contribution >= 0.6 is 11.3 Å². The third-order valence-corrected chi connectivity index (χ3v) is 3.32. The molecule has 0 aliphatic heterocycles. The van der Waals surface area contributed by atoms with Gasteiger partial charge < -0.3 is 4.98 Å². The molecule has 3 rings (SSSR count). The second-order valence-corrected chi connectivity index (χ2v) is 4.51. The Balaban J connectivity index is 2.44. The summed E-state index contributed by atoms with van der Waals surface area (Å²) in [5.74, 6) is -0.343. The van der Waals surface area contributed by atoms with E-state index < -0.39 is 5.69 Å². The van der Waals surface area contributed by atoms with E-state index in [4.69, 9.17) is 0 Å². The quantitative estimate of drug-likeness (QED) is 0.717. The van der Waals surface area contributed by atoms with Crippen LogP contribution in [0.2, 0.25) is 0 Å². The van der Waals surface area contributed by atoms with Gasteiger partial charge in [-0.1, -0.05) is 6.07 Å². The Morgan fingerprint density at radius 3 is 2.94 bits per heavy atom. The Morgan fingerprint density at radius 2 is 2.18 bits per heavy atom. The SMILES string of the molecule is O=c1nc(-c2cccs2)c2cc(F)ccc2[nH]1. The van der Waals surface area contributed by atoms with Crippen molar-refractivity contribution in [2.45, 2.75) is 0 Å². The number of benzene rings is 1. The van der Waals surface area contributed by atoms with Gasteiger partial charge in [0.25, 0.3) is 0 Å². The van der Waals surface area contributed by atoms with E-state index in [1.54, 1.807) is 6.07 Å². The summed E-state index contributed by atoms with van der Waals surface area (Å²) in [5.41, 5.74) is 0.695. The fourth-order valence-corrected chi connectivity index (χ4v) is 2.46. The summed E-state index contributed by atoms with van der Waals surface area (Å²) in [7, 11) is 0. The summed E-state index contributed by atoms with van der Waals surface area (Å²) in [4.78, 5) is 18.8. The number of H-pyrrole nitrogens is 1. The second-order valence-electron chi connectivity index (χ2n) is 3.56. The molecule has 0 saturated heterocycles. The number of hydrogen-bond acceptors (Lipinski definition) is 3. The lowest BCUT2D eigenvalue weighted by Gasteiger charge is -2.02. The molecule has 1 N–H and O–H groups in total. The molecule has 1 aromatic carbocycles. The molecule has 0 radical (unpaired) electrons. The molecular weight excluding hydrogens is 239 g/mol. The van der Waals surface area contributed by atoms with E-state index in [1.807, 2.05) is 17.5 Å². The minimum absolute atomic E-state index is 0.343. The number of thiophene rings is 1. The van der Waals surface area contributed by atoms with E-state index in [2.05, 4.69) is 9.97 Å². The maximum atomic E-state index is 13.2. The molecule has 0 atom stereocenters. The van der Waals surface area contributed by atoms with Crippen LogP contribution in [0.4, 0.5) is 4.39 Å². The molecule has 2 aromatic heterocycles. The van der Waals surface area contributed by atoms with Crippen LogP contribution in [0.25, 0.3) is 21.5 Å². The van der Waals surface area contributed by atoms with Crippen LogP contribution in [0, 0.1) is 5.82 Å². The summed E-state index contributed by atoms with van der Waals surface area (Å²) in [6.07, 6.45) is 0. The van der Waals surface area contributed by atoms with Crippen LogP contribution in [-0.4, -0.2) is 9.97 Å². The van der Waals surface area contributed by atoms with Crippen molar-refractivity contribution in [1.29, 1.82) is 0 Å². The summed E-state index contributed by atoms with van der Waals surface area (Å²) in [6, 6.07) is 7.97. The summed E-state index contributed by atoms with van der Waals surface area (Å²) < 4.78 is 13.2. The van der Waals surface area contributed by atoms with E-state index >= 15 is 0 Å². The number of fused-ring (bicyclic) bond motifs is 1. The van der Waals surface area contributed by atoms with Crippen LogP contribution in [-0.2, 0) is 0 Å². The number of rotatable bonds is 1. The number of nitrogens with zero attached hydrogens (tertiary/aromatic N) is 1. The zero-order chi connectivity index (χ0) is 11.8. The third-order valence-electron chi connectivity index (χ3n) is 2.45. The zero-order valence-electron chi connectivity index (χ0n) is 8.61. The molecule has 0 spiro atoms. The van der Waals surface area contributed by atoms with Crippen LogP contribution in [0.3, 0.4) is 0 Å². The second kappa shape index (κ2) is 3.78. The third kappa shape index (κ3) is 1.74. The first kappa shape index (κ1) is 10.2. The van der Waals surface area contributed by atoms with Gasteiger partial charge in [0, 0.05) is 5.39 Å². The van der Waals surface area contributed by atoms with Gasteiger partial charge in [0.2, 0.25) is 0 Å². The lowest BCUT2D eigenvalue weighted by molar-refractivity contribution is 0.629. The normalized spacial score (nSPS) is 10.9. The van der Waals surface area contributed by atoms with Crippen molar-refractivity contribution in [1.82, 2.24) is 9.97 Å². The molecule has 3 nitrogen and oxygen atoms in total. The number of aromatic nitrogens is 2. The van der Waals surface area contributed by atoms with Crippen LogP contribution in [0.15, 0.2) is 40.5 Å². The lowest BCUT2D eigenvalue weighted by Crippen LogP contribution is -2.11. The maximum Gasteiger partial charge on any atom is 0.346 e. The van der Waals surface area contributed by atoms with Crippen molar-refractivity contribution >= 4 is 22.2 Å². The molecule has 5 heteroatoms. The van der Waals surface area contributed by atoms with Crippen molar-refractivity contribution < 1.29 is 4.39 Å². The first-order valence-electron chi connectivity index (χ1n) is 4.97. The summed E-state index contributed by atoms with van der Waals surface area (Å²) in [6.45, 7) is 0. The van der Waals surface area contributed by atoms with Crippen molar-refractivity contribution in [3.8, 4) is 10.6 Å². The molecule has 84 valence electrons. The van der Waals surface area contributed by atoms with Gasteiger partial charge in [0.1, 0.15) is 5.82 Å². The lowest BCUT2D eigenvalue weighted by atomic mass is 10.1. The highest BCUT2D eigenvalue weighted by Crippen LogP contribution is 2.28. The number of halogens is 1. The zero-order valence-corrected chi connectivity index (χ0v) is 9.42. The average Bonchev–Trinajstić information content (AvgIpc) is 2.82. The van der Waals surface area contributed by atoms with Gasteiger partial charge in [-0.2, -0.15) is 4.98 Å². The van der Waals surface area contributed by atoms with Crippen molar-refractivity contribution in [3.05, 3.63) is 52.0 Å². The molecule has 0 bridgehead atoms. The number of nitrogens with one attached hydrogen (secondary N) is 1. The predicted molar refractivity (Wildman–Crippen MR) is 65.6 cm³/mol. The molecule has 3 aromatic rings. The minimum atomic E-state index is -0.424. The van der Waals surface area contributed by atoms with Crippen molar-refractivity contribution in [2.75, 3.05) is 0 Å². The predicted octanol–water partition coefficient (Wildman–Crippen LogP) is 2.79. The van der Waals surface area contributed by atoms with Crippen molar-refractivity contribution in [3.63, 3.8) is 0 Å². The van der Waals surface area contributed by atoms with Gasteiger partial charge in [-0.3, -0.25) is 0 Å². The smallest absolute Gasteiger partial charge is 0.305 e. The van der Waals surface area contributed by atoms with Gasteiger partial charge in [0.05, 0.1) is 16.1 Å². The highest BCUT2D eigenvalue weighted by Gasteiger charge is 2.09. The van der Waals surface area contributed by atoms with Crippen molar-refractivity contribution in [2.24, 2.45) is 0 Å². The molecule has 0 saturated carbocycles. The Kier molecular flexibility index (Phi) is 2.26. The van der Waals surface area contributed by atoms with E-state index in [0.29, 0.717) is 16.6 Å². The topological polar surface area (TPSA) is 45.8 Å². The van der Waals surface area contributed by atoms with E-state index in [9.17, 15) is 9.18 Å². The largest absolute Gasteiger partial charge is 0.346 e. The van der Waals surface area contributed by atoms with Gasteiger partial charge in [-0.05, 0) is 29.6 Å². The molecule has 17 heavy (non-hydrogen) atoms. The van der Waals surface area contributed by atoms with Crippen LogP contribution in [0.5, 0.6) is 0 Å². The van der Waals surface area contributed by atoms with E-state index in [0.717, 1.165) is 4.88 Å². The maximum absolute atomic E-state index is 13.2. The molecule has 0 fully saturated rings. The Hall–Kier alpha value is -2.01. The van der Waals surface area contributed by atoms with Gasteiger partial charge in [-0.25, -0.2) is 9.18 Å². The monoisotopic (exact) mass is 246 g/mol. The first-order chi connectivity index (χ1) is 8.24. The number of aromatic amines is 1. The Labute approximate surface area is 99.6 Å². The highest BCUT2D eigenvalue weighted by molar-refractivity contribution is 7.13. The molecule has 0 amide bonds. The first-order valence-corrected chi connectivity index (χ1v) is 5.85. The minimum Gasteiger partial charge on any atom is -0.305 e. The van der Waals surface area contributed by atoms with Gasteiger partial charge in [0.15, 0.2) is 0 Å². The van der Waals surface area contributed by atoms with E-state index in [-0.39, 0.29) is 5.82 Å². The van der Waals surface area contributed by atoms with Gasteiger partial charge in [-0.15, -0.1) is 11.3 Å². The Morgan fingerprint density at radius 1 is 1.29 bits per heavy atom. The van der Waals surface area contributed by atoms with E-state index in [1.165, 1.54) is 23.5 Å². The van der Waals surface area contributed by atoms with Crippen LogP contribution in [0.1, 0.15) is 0 Å². The average molecular weight is 246 g/mol. The van der Waals surface area contributed by atoms with Crippen LogP contribution < -0.4 is 5.69 Å². The summed E-state index contributed by atoms with van der Waals surface area (Å²) in [5, 5.41) is 2.51. The van der Waals surface area contributed by atoms with Gasteiger partial charge >= 0.3 is 5.69 Å². The number of hydrogen-bond donors (Lipinski definition) is 1. The summed E-state index contributed by atoms with van der Waals surface area (Å²) >= 11 is 1.47. The molecule has 0 aliphatic carbocycles. The molecular formula is C12H7FN2OS. The highest BCUT2D eigenvalue weighted by atomic mass is 32.1. The fraction of sp³-hybridized carbons (Fsp3) is 0. The fourth-order valence-electron chi connectivity index (χ4n) is 1.73. The Bertz CT molecular complexity index is 734.